The van der Waals surface area contributed by atoms with E-state index in [-0.39, 0.29) is 37.1 Å². The van der Waals surface area contributed by atoms with Crippen molar-refractivity contribution in [1.29, 1.82) is 0 Å². The van der Waals surface area contributed by atoms with Gasteiger partial charge in [-0.05, 0) is 38.3 Å². The molecular formula is C32H37N3O7. The van der Waals surface area contributed by atoms with Gasteiger partial charge in [-0.25, -0.2) is 14.4 Å². The second-order valence-electron chi connectivity index (χ2n) is 10.4. The summed E-state index contributed by atoms with van der Waals surface area (Å²) in [7, 11) is 1.53. The maximum absolute atomic E-state index is 14.3. The number of aliphatic imine (C=N–C) groups is 1. The first-order chi connectivity index (χ1) is 20.1. The zero-order valence-electron chi connectivity index (χ0n) is 24.9. The molecule has 2 heterocycles. The lowest BCUT2D eigenvalue weighted by molar-refractivity contribution is -0.146. The number of para-hydroxylation sites is 1. The van der Waals surface area contributed by atoms with Gasteiger partial charge in [-0.2, -0.15) is 0 Å². The van der Waals surface area contributed by atoms with Crippen molar-refractivity contribution in [2.45, 2.75) is 53.6 Å². The predicted octanol–water partition coefficient (Wildman–Crippen LogP) is 3.99. The first-order valence-corrected chi connectivity index (χ1v) is 14.1. The van der Waals surface area contributed by atoms with Crippen LogP contribution in [0.4, 0.5) is 5.82 Å². The van der Waals surface area contributed by atoms with Crippen LogP contribution in [0.2, 0.25) is 0 Å². The number of carbonyl (C=O) groups is 2. The number of ether oxygens (including phenoxy) is 3. The fourth-order valence-electron chi connectivity index (χ4n) is 5.36. The Hall–Kier alpha value is -4.47. The molecule has 0 fully saturated rings. The molecule has 222 valence electrons. The Morgan fingerprint density at radius 2 is 1.62 bits per heavy atom. The van der Waals surface area contributed by atoms with Crippen molar-refractivity contribution in [1.82, 2.24) is 9.13 Å². The number of esters is 2. The van der Waals surface area contributed by atoms with E-state index in [1.807, 2.05) is 63.2 Å². The summed E-state index contributed by atoms with van der Waals surface area (Å²) in [5.74, 6) is -2.50. The van der Waals surface area contributed by atoms with Gasteiger partial charge in [0.05, 0.1) is 32.4 Å². The zero-order chi connectivity index (χ0) is 30.6. The van der Waals surface area contributed by atoms with E-state index in [9.17, 15) is 19.2 Å². The van der Waals surface area contributed by atoms with Crippen molar-refractivity contribution in [3.63, 3.8) is 0 Å². The molecular weight excluding hydrogens is 538 g/mol. The van der Waals surface area contributed by atoms with E-state index in [1.165, 1.54) is 11.7 Å². The van der Waals surface area contributed by atoms with Crippen LogP contribution in [0.15, 0.2) is 63.1 Å². The van der Waals surface area contributed by atoms with Gasteiger partial charge in [0.25, 0.3) is 5.56 Å². The summed E-state index contributed by atoms with van der Waals surface area (Å²) in [6, 6.07) is 14.8. The largest absolute Gasteiger partial charge is 0.496 e. The molecule has 10 heteroatoms. The summed E-state index contributed by atoms with van der Waals surface area (Å²) in [5, 5.41) is 0. The smallest absolute Gasteiger partial charge is 0.333 e. The van der Waals surface area contributed by atoms with Crippen molar-refractivity contribution in [2.24, 2.45) is 16.8 Å². The maximum atomic E-state index is 14.3. The predicted molar refractivity (Wildman–Crippen MR) is 159 cm³/mol. The lowest BCUT2D eigenvalue weighted by Gasteiger charge is -2.34. The quantitative estimate of drug-likeness (QED) is 0.336. The summed E-state index contributed by atoms with van der Waals surface area (Å²) < 4.78 is 18.4. The fourth-order valence-corrected chi connectivity index (χ4v) is 5.36. The Balaban J connectivity index is 2.12. The highest BCUT2D eigenvalue weighted by molar-refractivity contribution is 6.07. The van der Waals surface area contributed by atoms with Crippen molar-refractivity contribution < 1.29 is 23.8 Å². The van der Waals surface area contributed by atoms with Gasteiger partial charge in [0, 0.05) is 17.2 Å². The second-order valence-corrected chi connectivity index (χ2v) is 10.4. The third kappa shape index (κ3) is 5.93. The molecule has 0 amide bonds. The second kappa shape index (κ2) is 13.0. The average molecular weight is 576 g/mol. The van der Waals surface area contributed by atoms with Gasteiger partial charge in [-0.1, -0.05) is 61.9 Å². The van der Waals surface area contributed by atoms with Crippen molar-refractivity contribution >= 4 is 23.5 Å². The highest BCUT2D eigenvalue weighted by Crippen LogP contribution is 2.42. The number of hydrogen-bond donors (Lipinski definition) is 0. The third-order valence-corrected chi connectivity index (χ3v) is 7.31. The lowest BCUT2D eigenvalue weighted by atomic mass is 9.74. The van der Waals surface area contributed by atoms with Crippen LogP contribution in [0.25, 0.3) is 0 Å². The Kier molecular flexibility index (Phi) is 9.45. The molecule has 0 saturated heterocycles. The number of rotatable bonds is 10. The van der Waals surface area contributed by atoms with Gasteiger partial charge in [0.2, 0.25) is 0 Å². The zero-order valence-corrected chi connectivity index (χ0v) is 24.9. The van der Waals surface area contributed by atoms with Crippen LogP contribution in [0, 0.1) is 18.8 Å². The van der Waals surface area contributed by atoms with Crippen molar-refractivity contribution in [2.75, 3.05) is 20.3 Å². The Morgan fingerprint density at radius 1 is 0.952 bits per heavy atom. The summed E-state index contributed by atoms with van der Waals surface area (Å²) in [6.45, 7) is 8.79. The minimum absolute atomic E-state index is 0.00779. The molecule has 0 aliphatic carbocycles. The van der Waals surface area contributed by atoms with Gasteiger partial charge >= 0.3 is 17.6 Å². The van der Waals surface area contributed by atoms with E-state index in [0.29, 0.717) is 22.6 Å². The molecule has 2 unspecified atom stereocenters. The first kappa shape index (κ1) is 30.5. The minimum Gasteiger partial charge on any atom is -0.496 e. The molecule has 1 aliphatic heterocycles. The first-order valence-electron chi connectivity index (χ1n) is 14.1. The van der Waals surface area contributed by atoms with Gasteiger partial charge in [0.1, 0.15) is 24.0 Å². The van der Waals surface area contributed by atoms with E-state index in [0.717, 1.165) is 10.1 Å². The fraction of sp³-hybridized carbons (Fsp3) is 0.406. The molecule has 0 spiro atoms. The topological polar surface area (TPSA) is 118 Å². The van der Waals surface area contributed by atoms with Crippen LogP contribution in [0.1, 0.15) is 55.9 Å². The summed E-state index contributed by atoms with van der Waals surface area (Å²) in [4.78, 5) is 59.3. The number of nitrogens with zero attached hydrogens (tertiary/aromatic N) is 3. The van der Waals surface area contributed by atoms with Crippen LogP contribution in [-0.4, -0.2) is 47.1 Å². The van der Waals surface area contributed by atoms with E-state index in [4.69, 9.17) is 19.2 Å². The van der Waals surface area contributed by atoms with Crippen molar-refractivity contribution in [3.05, 3.63) is 91.6 Å². The molecule has 0 bridgehead atoms. The van der Waals surface area contributed by atoms with E-state index < -0.39 is 41.6 Å². The monoisotopic (exact) mass is 575 g/mol. The van der Waals surface area contributed by atoms with Gasteiger partial charge in [-0.15, -0.1) is 0 Å². The molecule has 1 aromatic heterocycles. The van der Waals surface area contributed by atoms with E-state index in [1.54, 1.807) is 19.9 Å². The minimum atomic E-state index is -0.916. The van der Waals surface area contributed by atoms with Crippen LogP contribution in [0.5, 0.6) is 5.75 Å². The van der Waals surface area contributed by atoms with Gasteiger partial charge < -0.3 is 14.2 Å². The molecule has 42 heavy (non-hydrogen) atoms. The number of aromatic nitrogens is 2. The Bertz CT molecular complexity index is 1620. The number of aryl methyl sites for hydroxylation is 1. The van der Waals surface area contributed by atoms with Crippen LogP contribution in [0.3, 0.4) is 0 Å². The molecule has 2 aromatic carbocycles. The third-order valence-electron chi connectivity index (χ3n) is 7.31. The average Bonchev–Trinajstić information content (AvgIpc) is 2.97. The molecule has 10 nitrogen and oxygen atoms in total. The molecule has 1 aliphatic rings. The van der Waals surface area contributed by atoms with Crippen LogP contribution in [-0.2, 0) is 32.2 Å². The highest BCUT2D eigenvalue weighted by Gasteiger charge is 2.44. The van der Waals surface area contributed by atoms with Crippen LogP contribution >= 0.6 is 0 Å². The van der Waals surface area contributed by atoms with Gasteiger partial charge in [-0.3, -0.25) is 19.0 Å². The van der Waals surface area contributed by atoms with E-state index >= 15 is 0 Å². The summed E-state index contributed by atoms with van der Waals surface area (Å²) >= 11 is 0. The summed E-state index contributed by atoms with van der Waals surface area (Å²) in [5.41, 5.74) is 1.58. The Labute approximate surface area is 244 Å². The lowest BCUT2D eigenvalue weighted by Crippen LogP contribution is -2.48. The molecule has 0 radical (unpaired) electrons. The molecule has 3 aromatic rings. The van der Waals surface area contributed by atoms with Gasteiger partial charge in [0.15, 0.2) is 0 Å². The molecule has 0 N–H and O–H groups in total. The number of carbonyl (C=O) groups excluding carboxylic acids is 2. The highest BCUT2D eigenvalue weighted by atomic mass is 16.5. The van der Waals surface area contributed by atoms with E-state index in [2.05, 4.69) is 0 Å². The number of benzene rings is 2. The standard InChI is InChI=1S/C32H37N3O7/c1-7-41-24(36)18-35-30(37)27-25(21-15-13-20(5)14-16-21)26(31(38)42-8-2)28(19(3)4)33-29(27)34(32(35)39)17-22-11-9-10-12-23(22)40-6/h9-16,19,25-26H,7-8,17-18H2,1-6H3. The van der Waals surface area contributed by atoms with Crippen molar-refractivity contribution in [3.8, 4) is 5.75 Å². The van der Waals surface area contributed by atoms with Crippen LogP contribution < -0.4 is 16.0 Å². The molecule has 4 rings (SSSR count). The number of methoxy groups -OCH3 is 1. The maximum Gasteiger partial charge on any atom is 0.333 e. The SMILES string of the molecule is CCOC(=O)Cn1c(=O)c2c(n(Cc3ccccc3OC)c1=O)N=C(C(C)C)C(C(=O)OCC)C2c1ccc(C)cc1. The normalized spacial score (nSPS) is 16.0. The Morgan fingerprint density at radius 3 is 2.24 bits per heavy atom. The number of hydrogen-bond acceptors (Lipinski definition) is 8. The molecule has 2 atom stereocenters. The number of fused-ring (bicyclic) bond motifs is 1. The summed E-state index contributed by atoms with van der Waals surface area (Å²) in [6.07, 6.45) is 0. The molecule has 0 saturated carbocycles.